The van der Waals surface area contributed by atoms with Crippen molar-refractivity contribution in [2.75, 3.05) is 25.6 Å². The van der Waals surface area contributed by atoms with Gasteiger partial charge >= 0.3 is 0 Å². The maximum atomic E-state index is 13.7. The fourth-order valence-electron chi connectivity index (χ4n) is 4.67. The number of anilines is 1. The maximum absolute atomic E-state index is 13.7. The molecule has 2 aliphatic heterocycles. The third-order valence-corrected chi connectivity index (χ3v) is 6.88. The highest BCUT2D eigenvalue weighted by molar-refractivity contribution is 5.99. The fraction of sp³-hybridized carbons (Fsp3) is 0.290. The Kier molecular flexibility index (Phi) is 8.29. The van der Waals surface area contributed by atoms with Gasteiger partial charge in [0.2, 0.25) is 11.8 Å². The second-order valence-corrected chi connectivity index (χ2v) is 9.38. The smallest absolute Gasteiger partial charge is 0.249 e. The fourth-order valence-corrected chi connectivity index (χ4v) is 4.67. The molecule has 0 saturated heterocycles. The first-order chi connectivity index (χ1) is 17.9. The number of hydrogen-bond acceptors (Lipinski definition) is 4. The molecule has 0 fully saturated rings. The van der Waals surface area contributed by atoms with Gasteiger partial charge in [-0.1, -0.05) is 49.4 Å². The third-order valence-electron chi connectivity index (χ3n) is 6.88. The molecule has 2 aromatic carbocycles. The lowest BCUT2D eigenvalue weighted by atomic mass is 9.91. The Morgan fingerprint density at radius 3 is 2.68 bits per heavy atom. The Morgan fingerprint density at radius 2 is 1.95 bits per heavy atom. The first-order valence-corrected chi connectivity index (χ1v) is 12.7. The predicted octanol–water partition coefficient (Wildman–Crippen LogP) is 4.94. The van der Waals surface area contributed by atoms with Gasteiger partial charge in [0.1, 0.15) is 11.8 Å². The van der Waals surface area contributed by atoms with Gasteiger partial charge in [-0.15, -0.1) is 0 Å². The summed E-state index contributed by atoms with van der Waals surface area (Å²) in [5, 5.41) is 6.54. The normalized spacial score (nSPS) is 18.8. The number of ether oxygens (including phenoxy) is 1. The monoisotopic (exact) mass is 497 g/mol. The van der Waals surface area contributed by atoms with E-state index in [1.165, 1.54) is 5.57 Å². The number of nitrogens with zero attached hydrogens (tertiary/aromatic N) is 1. The van der Waals surface area contributed by atoms with Gasteiger partial charge in [-0.25, -0.2) is 0 Å². The van der Waals surface area contributed by atoms with Crippen molar-refractivity contribution in [2.24, 2.45) is 0 Å². The lowest BCUT2D eigenvalue weighted by Gasteiger charge is -2.27. The van der Waals surface area contributed by atoms with Crippen molar-refractivity contribution in [1.29, 1.82) is 0 Å². The number of dihydropyridines is 1. The number of nitrogens with one attached hydrogen (secondary N) is 2. The number of fused-ring (bicyclic) bond motifs is 2. The summed E-state index contributed by atoms with van der Waals surface area (Å²) in [7, 11) is 3.34. The van der Waals surface area contributed by atoms with Crippen molar-refractivity contribution in [3.63, 3.8) is 0 Å². The lowest BCUT2D eigenvalue weighted by molar-refractivity contribution is -0.127. The van der Waals surface area contributed by atoms with E-state index in [9.17, 15) is 9.59 Å². The van der Waals surface area contributed by atoms with E-state index in [2.05, 4.69) is 48.8 Å². The molecule has 2 heterocycles. The van der Waals surface area contributed by atoms with Crippen LogP contribution in [-0.4, -0.2) is 38.6 Å². The number of allylic oxidation sites excluding steroid dienone is 3. The van der Waals surface area contributed by atoms with Gasteiger partial charge in [0, 0.05) is 31.4 Å². The minimum Gasteiger partial charge on any atom is -0.497 e. The Morgan fingerprint density at radius 1 is 1.16 bits per heavy atom. The van der Waals surface area contributed by atoms with Crippen molar-refractivity contribution in [3.05, 3.63) is 100 Å². The summed E-state index contributed by atoms with van der Waals surface area (Å²) in [5.41, 5.74) is 6.91. The molecule has 2 aromatic rings. The molecule has 2 N–H and O–H groups in total. The second kappa shape index (κ2) is 11.8. The van der Waals surface area contributed by atoms with E-state index in [0.29, 0.717) is 13.0 Å². The Bertz CT molecular complexity index is 1290. The molecule has 192 valence electrons. The van der Waals surface area contributed by atoms with E-state index < -0.39 is 6.04 Å². The molecule has 0 unspecified atom stereocenters. The van der Waals surface area contributed by atoms with Crippen LogP contribution in [-0.2, 0) is 16.0 Å². The van der Waals surface area contributed by atoms with Crippen LogP contribution in [0.5, 0.6) is 5.75 Å². The topological polar surface area (TPSA) is 70.7 Å². The van der Waals surface area contributed by atoms with E-state index in [1.54, 1.807) is 19.1 Å². The molecule has 6 heteroatoms. The molecule has 4 rings (SSSR count). The summed E-state index contributed by atoms with van der Waals surface area (Å²) in [6, 6.07) is 14.7. The number of methoxy groups -OCH3 is 1. The standard InChI is InChI=1S/C31H35N3O3/c1-5-6-10-24-20-32-28-16-11-22-8-7-9-23(17-22)18-29(33-30(35)19-27(28)21(24)2)31(36)34(3)25-12-14-26(37-4)15-13-25/h6-17,29,32H,5,18-20H2,1-4H3,(H,33,35)/b10-6-,16-11-/t29-/m0/s1. The molecule has 1 atom stereocenters. The highest BCUT2D eigenvalue weighted by Crippen LogP contribution is 2.27. The molecule has 2 aliphatic rings. The van der Waals surface area contributed by atoms with Gasteiger partial charge in [0.15, 0.2) is 0 Å². The number of rotatable bonds is 5. The zero-order chi connectivity index (χ0) is 26.4. The van der Waals surface area contributed by atoms with E-state index in [1.807, 2.05) is 48.5 Å². The zero-order valence-electron chi connectivity index (χ0n) is 22.0. The van der Waals surface area contributed by atoms with Gasteiger partial charge < -0.3 is 20.3 Å². The summed E-state index contributed by atoms with van der Waals surface area (Å²) >= 11 is 0. The molecule has 0 radical (unpaired) electrons. The van der Waals surface area contributed by atoms with Crippen molar-refractivity contribution >= 4 is 23.6 Å². The quantitative estimate of drug-likeness (QED) is 0.614. The summed E-state index contributed by atoms with van der Waals surface area (Å²) in [6.45, 7) is 4.88. The van der Waals surface area contributed by atoms with Crippen LogP contribution in [0.15, 0.2) is 89.2 Å². The van der Waals surface area contributed by atoms with Crippen LogP contribution < -0.4 is 20.3 Å². The van der Waals surface area contributed by atoms with Crippen LogP contribution in [0, 0.1) is 0 Å². The van der Waals surface area contributed by atoms with Crippen molar-refractivity contribution < 1.29 is 14.3 Å². The zero-order valence-corrected chi connectivity index (χ0v) is 22.0. The van der Waals surface area contributed by atoms with Crippen LogP contribution >= 0.6 is 0 Å². The minimum atomic E-state index is -0.706. The first-order valence-electron chi connectivity index (χ1n) is 12.7. The van der Waals surface area contributed by atoms with Gasteiger partial charge in [-0.2, -0.15) is 0 Å². The number of benzene rings is 2. The molecule has 0 aromatic heterocycles. The Labute approximate surface area is 219 Å². The average molecular weight is 498 g/mol. The number of hydrogen-bond donors (Lipinski definition) is 2. The molecule has 6 nitrogen and oxygen atoms in total. The summed E-state index contributed by atoms with van der Waals surface area (Å²) in [5.74, 6) is 0.364. The van der Waals surface area contributed by atoms with Gasteiger partial charge in [-0.3, -0.25) is 9.59 Å². The van der Waals surface area contributed by atoms with E-state index in [-0.39, 0.29) is 18.2 Å². The van der Waals surface area contributed by atoms with Crippen molar-refractivity contribution in [2.45, 2.75) is 39.2 Å². The van der Waals surface area contributed by atoms with Crippen molar-refractivity contribution in [3.8, 4) is 5.75 Å². The maximum Gasteiger partial charge on any atom is 0.249 e. The SMILES string of the molecule is CC/C=C\C1=C(C)C2=C(/C=C\c3cccc(c3)C[C@@H](C(=O)N(C)c3ccc(OC)cc3)NC(=O)C2)NC1. The average Bonchev–Trinajstić information content (AvgIpc) is 2.91. The first kappa shape index (κ1) is 26.0. The molecule has 0 aliphatic carbocycles. The van der Waals surface area contributed by atoms with E-state index in [4.69, 9.17) is 4.74 Å². The van der Waals surface area contributed by atoms with Crippen LogP contribution in [0.3, 0.4) is 0 Å². The van der Waals surface area contributed by atoms with E-state index >= 15 is 0 Å². The summed E-state index contributed by atoms with van der Waals surface area (Å²) in [4.78, 5) is 28.6. The molecular weight excluding hydrogens is 462 g/mol. The number of carbonyl (C=O) groups excluding carboxylic acids is 2. The lowest BCUT2D eigenvalue weighted by Crippen LogP contribution is -2.49. The minimum absolute atomic E-state index is 0.175. The van der Waals surface area contributed by atoms with Gasteiger partial charge in [0.05, 0.1) is 13.5 Å². The summed E-state index contributed by atoms with van der Waals surface area (Å²) < 4.78 is 5.24. The van der Waals surface area contributed by atoms with Crippen LogP contribution in [0.4, 0.5) is 5.69 Å². The molecule has 2 amide bonds. The highest BCUT2D eigenvalue weighted by atomic mass is 16.5. The van der Waals surface area contributed by atoms with Crippen LogP contribution in [0.1, 0.15) is 37.8 Å². The van der Waals surface area contributed by atoms with Gasteiger partial charge in [0.25, 0.3) is 0 Å². The summed E-state index contributed by atoms with van der Waals surface area (Å²) in [6.07, 6.45) is 9.90. The second-order valence-electron chi connectivity index (χ2n) is 9.38. The van der Waals surface area contributed by atoms with E-state index in [0.717, 1.165) is 45.8 Å². The number of likely N-dealkylation sites (N-methyl/N-ethyl adjacent to an activating group) is 1. The third kappa shape index (κ3) is 6.20. The molecule has 0 spiro atoms. The molecule has 37 heavy (non-hydrogen) atoms. The highest BCUT2D eigenvalue weighted by Gasteiger charge is 2.27. The molecule has 0 saturated carbocycles. The van der Waals surface area contributed by atoms with Crippen LogP contribution in [0.2, 0.25) is 0 Å². The van der Waals surface area contributed by atoms with Crippen molar-refractivity contribution in [1.82, 2.24) is 10.6 Å². The molecular formula is C31H35N3O3. The number of carbonyl (C=O) groups is 2. The number of amides is 2. The van der Waals surface area contributed by atoms with Crippen LogP contribution in [0.25, 0.3) is 6.08 Å². The van der Waals surface area contributed by atoms with Gasteiger partial charge in [-0.05, 0) is 71.5 Å². The molecule has 2 bridgehead atoms. The Balaban J connectivity index is 1.69. The predicted molar refractivity (Wildman–Crippen MR) is 149 cm³/mol. The largest absolute Gasteiger partial charge is 0.497 e. The Hall–Kier alpha value is -4.06.